The first-order valence-corrected chi connectivity index (χ1v) is 16.5. The van der Waals surface area contributed by atoms with Crippen molar-refractivity contribution in [2.24, 2.45) is 0 Å². The Morgan fingerprint density at radius 2 is 0.750 bits per heavy atom. The molecule has 10 rings (SSSR count). The van der Waals surface area contributed by atoms with Crippen molar-refractivity contribution >= 4 is 107 Å². The van der Waals surface area contributed by atoms with Crippen LogP contribution in [0.25, 0.3) is 97.7 Å². The van der Waals surface area contributed by atoms with E-state index in [0.29, 0.717) is 0 Å². The molecule has 0 amide bonds. The molecule has 0 N–H and O–H groups in total. The van der Waals surface area contributed by atoms with Crippen molar-refractivity contribution in [1.29, 1.82) is 0 Å². The van der Waals surface area contributed by atoms with E-state index in [4.69, 9.17) is 0 Å². The Bertz CT molecular complexity index is 2760. The van der Waals surface area contributed by atoms with Gasteiger partial charge in [-0.1, -0.05) is 143 Å². The SMILES string of the molecule is Brc1ccc2c3c(-c4ccccc4)c4c5cccc6c(Br)c7ccccc7c(c4c(-c4ccccc4)c3c3cccc1c23)c65. The normalized spacial score (nSPS) is 12.3. The molecule has 0 saturated carbocycles. The maximum atomic E-state index is 4.05. The highest BCUT2D eigenvalue weighted by Crippen LogP contribution is 2.57. The van der Waals surface area contributed by atoms with Crippen LogP contribution in [-0.4, -0.2) is 0 Å². The van der Waals surface area contributed by atoms with E-state index in [1.807, 2.05) is 0 Å². The van der Waals surface area contributed by atoms with E-state index in [1.165, 1.54) is 97.7 Å². The van der Waals surface area contributed by atoms with Crippen LogP contribution >= 0.6 is 31.9 Å². The minimum Gasteiger partial charge on any atom is -0.0622 e. The molecule has 0 aliphatic carbocycles. The molecule has 44 heavy (non-hydrogen) atoms. The van der Waals surface area contributed by atoms with Crippen LogP contribution in [0.1, 0.15) is 0 Å². The van der Waals surface area contributed by atoms with Crippen LogP contribution in [0.4, 0.5) is 0 Å². The van der Waals surface area contributed by atoms with Gasteiger partial charge in [0, 0.05) is 8.95 Å². The molecule has 0 aliphatic rings. The standard InChI is InChI=1S/C42H22Br2/c43-32-22-21-30-35-27(32)17-9-18-28(35)38-34(24-13-5-2-6-14-24)41-37-25-15-7-8-16-26(25)42(44)31-20-10-19-29(36(31)37)40(41)33(39(30)38)23-11-3-1-4-12-23/h1-22H. The van der Waals surface area contributed by atoms with Gasteiger partial charge in [-0.3, -0.25) is 0 Å². The number of benzene rings is 8. The first kappa shape index (κ1) is 24.9. The number of fused-ring (bicyclic) bond motifs is 8. The topological polar surface area (TPSA) is 0 Å². The van der Waals surface area contributed by atoms with Gasteiger partial charge < -0.3 is 0 Å². The summed E-state index contributed by atoms with van der Waals surface area (Å²) in [5.41, 5.74) is 5.13. The fraction of sp³-hybridized carbons (Fsp3) is 0. The van der Waals surface area contributed by atoms with Crippen LogP contribution < -0.4 is 0 Å². The van der Waals surface area contributed by atoms with E-state index in [-0.39, 0.29) is 0 Å². The maximum absolute atomic E-state index is 4.05. The van der Waals surface area contributed by atoms with Crippen LogP contribution in [0.5, 0.6) is 0 Å². The van der Waals surface area contributed by atoms with E-state index in [0.717, 1.165) is 8.95 Å². The molecule has 10 aromatic carbocycles. The molecule has 0 spiro atoms. The zero-order chi connectivity index (χ0) is 29.1. The Labute approximate surface area is 270 Å². The lowest BCUT2D eigenvalue weighted by Gasteiger charge is -2.16. The number of halogens is 2. The van der Waals surface area contributed by atoms with Gasteiger partial charge in [0.1, 0.15) is 0 Å². The lowest BCUT2D eigenvalue weighted by molar-refractivity contribution is 1.68. The zero-order valence-electron chi connectivity index (χ0n) is 23.5. The van der Waals surface area contributed by atoms with Gasteiger partial charge in [-0.25, -0.2) is 0 Å². The molecule has 0 radical (unpaired) electrons. The third kappa shape index (κ3) is 3.07. The third-order valence-corrected chi connectivity index (χ3v) is 11.2. The monoisotopic (exact) mass is 684 g/mol. The molecule has 0 aromatic heterocycles. The Morgan fingerprint density at radius 1 is 0.273 bits per heavy atom. The molecule has 0 unspecified atom stereocenters. The molecule has 10 aromatic rings. The summed E-state index contributed by atoms with van der Waals surface area (Å²) in [4.78, 5) is 0. The van der Waals surface area contributed by atoms with Crippen molar-refractivity contribution in [1.82, 2.24) is 0 Å². The minimum absolute atomic E-state index is 1.13. The van der Waals surface area contributed by atoms with Crippen molar-refractivity contribution < 1.29 is 0 Å². The Hall–Kier alpha value is -4.50. The van der Waals surface area contributed by atoms with Crippen LogP contribution in [0.15, 0.2) is 142 Å². The maximum Gasteiger partial charge on any atom is 0.0332 e. The first-order chi connectivity index (χ1) is 21.7. The Morgan fingerprint density at radius 3 is 1.43 bits per heavy atom. The summed E-state index contributed by atoms with van der Waals surface area (Å²) in [6.07, 6.45) is 0. The van der Waals surface area contributed by atoms with E-state index in [1.54, 1.807) is 0 Å². The summed E-state index contributed by atoms with van der Waals surface area (Å²) in [7, 11) is 0. The molecule has 0 aliphatic heterocycles. The van der Waals surface area contributed by atoms with Crippen molar-refractivity contribution in [3.8, 4) is 22.3 Å². The van der Waals surface area contributed by atoms with E-state index in [2.05, 4.69) is 165 Å². The zero-order valence-corrected chi connectivity index (χ0v) is 26.6. The van der Waals surface area contributed by atoms with Crippen molar-refractivity contribution in [3.63, 3.8) is 0 Å². The van der Waals surface area contributed by atoms with Crippen LogP contribution in [0.3, 0.4) is 0 Å². The molecule has 0 bridgehead atoms. The summed E-state index contributed by atoms with van der Waals surface area (Å²) in [5.74, 6) is 0. The molecule has 0 nitrogen and oxygen atoms in total. The van der Waals surface area contributed by atoms with Crippen LogP contribution in [0, 0.1) is 0 Å². The number of hydrogen-bond acceptors (Lipinski definition) is 0. The predicted octanol–water partition coefficient (Wildman–Crippen LogP) is 13.5. The summed E-state index contributed by atoms with van der Waals surface area (Å²) in [5, 5.41) is 18.3. The van der Waals surface area contributed by atoms with Gasteiger partial charge in [0.25, 0.3) is 0 Å². The van der Waals surface area contributed by atoms with E-state index in [9.17, 15) is 0 Å². The first-order valence-electron chi connectivity index (χ1n) is 14.9. The van der Waals surface area contributed by atoms with Gasteiger partial charge in [0.15, 0.2) is 0 Å². The highest BCUT2D eigenvalue weighted by Gasteiger charge is 2.28. The van der Waals surface area contributed by atoms with E-state index < -0.39 is 0 Å². The van der Waals surface area contributed by atoms with Gasteiger partial charge in [0.2, 0.25) is 0 Å². The van der Waals surface area contributed by atoms with Crippen LogP contribution in [0.2, 0.25) is 0 Å². The summed E-state index contributed by atoms with van der Waals surface area (Å²) in [6, 6.07) is 49.2. The molecule has 0 heterocycles. The second-order valence-corrected chi connectivity index (χ2v) is 13.4. The summed E-state index contributed by atoms with van der Waals surface area (Å²) in [6.45, 7) is 0. The quantitative estimate of drug-likeness (QED) is 0.159. The highest BCUT2D eigenvalue weighted by molar-refractivity contribution is 9.11. The second kappa shape index (κ2) is 9.01. The molecule has 0 atom stereocenters. The fourth-order valence-electron chi connectivity index (χ4n) is 8.03. The second-order valence-electron chi connectivity index (χ2n) is 11.8. The molecule has 204 valence electrons. The molecule has 0 saturated heterocycles. The smallest absolute Gasteiger partial charge is 0.0332 e. The average molecular weight is 686 g/mol. The van der Waals surface area contributed by atoms with E-state index >= 15 is 0 Å². The highest BCUT2D eigenvalue weighted by atomic mass is 79.9. The minimum atomic E-state index is 1.13. The summed E-state index contributed by atoms with van der Waals surface area (Å²) >= 11 is 7.94. The lowest BCUT2D eigenvalue weighted by Crippen LogP contribution is -1.88. The van der Waals surface area contributed by atoms with Gasteiger partial charge in [-0.15, -0.1) is 0 Å². The predicted molar refractivity (Wildman–Crippen MR) is 198 cm³/mol. The van der Waals surface area contributed by atoms with Gasteiger partial charge in [-0.05, 0) is 120 Å². The molecule has 2 heteroatoms. The van der Waals surface area contributed by atoms with Gasteiger partial charge in [0.05, 0.1) is 0 Å². The Balaban J connectivity index is 1.66. The lowest BCUT2D eigenvalue weighted by atomic mass is 9.87. The largest absolute Gasteiger partial charge is 0.0622 e. The van der Waals surface area contributed by atoms with Gasteiger partial charge >= 0.3 is 0 Å². The van der Waals surface area contributed by atoms with Crippen molar-refractivity contribution in [2.45, 2.75) is 0 Å². The summed E-state index contributed by atoms with van der Waals surface area (Å²) < 4.78 is 2.29. The number of hydrogen-bond donors (Lipinski definition) is 0. The molecular weight excluding hydrogens is 664 g/mol. The number of rotatable bonds is 2. The fourth-order valence-corrected chi connectivity index (χ4v) is 9.17. The average Bonchev–Trinajstić information content (AvgIpc) is 3.60. The van der Waals surface area contributed by atoms with Crippen LogP contribution in [-0.2, 0) is 0 Å². The van der Waals surface area contributed by atoms with Crippen molar-refractivity contribution in [3.05, 3.63) is 142 Å². The Kier molecular flexibility index (Phi) is 5.10. The van der Waals surface area contributed by atoms with Crippen molar-refractivity contribution in [2.75, 3.05) is 0 Å². The van der Waals surface area contributed by atoms with Gasteiger partial charge in [-0.2, -0.15) is 0 Å². The molecule has 0 fully saturated rings. The molecular formula is C42H22Br2. The third-order valence-electron chi connectivity index (χ3n) is 9.65.